The average molecular weight is 557 g/mol. The third kappa shape index (κ3) is 7.76. The van der Waals surface area contributed by atoms with Gasteiger partial charge in [-0.05, 0) is 63.9 Å². The minimum Gasteiger partial charge on any atom is -0.368 e. The van der Waals surface area contributed by atoms with Gasteiger partial charge in [0.1, 0.15) is 0 Å². The maximum absolute atomic E-state index is 4.96. The fourth-order valence-electron chi connectivity index (χ4n) is 4.62. The van der Waals surface area contributed by atoms with E-state index in [0.29, 0.717) is 0 Å². The molecule has 2 heterocycles. The highest BCUT2D eigenvalue weighted by Crippen LogP contribution is 2.23. The van der Waals surface area contributed by atoms with Crippen LogP contribution in [0.4, 0.5) is 5.69 Å². The molecular weight excluding hydrogens is 511 g/mol. The number of halogens is 1. The van der Waals surface area contributed by atoms with E-state index in [-0.39, 0.29) is 24.0 Å². The Morgan fingerprint density at radius 2 is 1.59 bits per heavy atom. The Hall–Kier alpha value is -1.06. The Balaban J connectivity index is 0.00000363. The molecule has 0 amide bonds. The molecule has 1 aromatic rings. The Morgan fingerprint density at radius 3 is 2.25 bits per heavy atom. The second-order valence-electron chi connectivity index (χ2n) is 8.91. The van der Waals surface area contributed by atoms with E-state index in [1.807, 2.05) is 0 Å². The first-order chi connectivity index (χ1) is 15.1. The third-order valence-electron chi connectivity index (χ3n) is 6.89. The number of guanidine groups is 1. The lowest BCUT2D eigenvalue weighted by Gasteiger charge is -2.38. The summed E-state index contributed by atoms with van der Waals surface area (Å²) in [6.45, 7) is 22.2. The van der Waals surface area contributed by atoms with Crippen molar-refractivity contribution in [2.75, 3.05) is 83.4 Å². The number of piperazine rings is 2. The summed E-state index contributed by atoms with van der Waals surface area (Å²) in [7, 11) is 0. The summed E-state index contributed by atoms with van der Waals surface area (Å²) in [5.41, 5.74) is 4.18. The third-order valence-corrected chi connectivity index (χ3v) is 6.89. The Morgan fingerprint density at radius 1 is 0.906 bits per heavy atom. The van der Waals surface area contributed by atoms with Gasteiger partial charge in [-0.1, -0.05) is 19.1 Å². The number of aliphatic imine (C=N–C) groups is 1. The van der Waals surface area contributed by atoms with Crippen molar-refractivity contribution < 1.29 is 0 Å². The summed E-state index contributed by atoms with van der Waals surface area (Å²) in [5.74, 6) is 1.10. The number of hydrogen-bond donors (Lipinski definition) is 1. The van der Waals surface area contributed by atoms with Crippen LogP contribution in [0.3, 0.4) is 0 Å². The van der Waals surface area contributed by atoms with Crippen LogP contribution in [0.15, 0.2) is 23.2 Å². The van der Waals surface area contributed by atoms with Crippen LogP contribution >= 0.6 is 24.0 Å². The molecule has 0 atom stereocenters. The van der Waals surface area contributed by atoms with E-state index < -0.39 is 0 Å². The van der Waals surface area contributed by atoms with E-state index in [2.05, 4.69) is 70.8 Å². The largest absolute Gasteiger partial charge is 0.368 e. The van der Waals surface area contributed by atoms with Crippen molar-refractivity contribution in [1.82, 2.24) is 20.0 Å². The minimum atomic E-state index is 0. The molecule has 2 aliphatic rings. The van der Waals surface area contributed by atoms with Gasteiger partial charge in [0.15, 0.2) is 5.96 Å². The van der Waals surface area contributed by atoms with E-state index >= 15 is 0 Å². The zero-order valence-electron chi connectivity index (χ0n) is 20.8. The Kier molecular flexibility index (Phi) is 12.1. The molecule has 2 aliphatic heterocycles. The number of benzene rings is 1. The molecular formula is C25H45IN6. The number of rotatable bonds is 8. The molecule has 3 rings (SSSR count). The highest BCUT2D eigenvalue weighted by atomic mass is 127. The number of aryl methyl sites for hydroxylation is 1. The van der Waals surface area contributed by atoms with Gasteiger partial charge in [-0.3, -0.25) is 4.99 Å². The zero-order valence-corrected chi connectivity index (χ0v) is 23.1. The highest BCUT2D eigenvalue weighted by Gasteiger charge is 2.21. The molecule has 0 radical (unpaired) electrons. The van der Waals surface area contributed by atoms with Crippen molar-refractivity contribution in [3.63, 3.8) is 0 Å². The van der Waals surface area contributed by atoms with Gasteiger partial charge in [-0.2, -0.15) is 0 Å². The molecule has 0 unspecified atom stereocenters. The van der Waals surface area contributed by atoms with Crippen molar-refractivity contribution in [3.8, 4) is 0 Å². The molecule has 1 aromatic carbocycles. The molecule has 6 nitrogen and oxygen atoms in total. The van der Waals surface area contributed by atoms with Crippen LogP contribution in [0.1, 0.15) is 37.8 Å². The number of anilines is 1. The summed E-state index contributed by atoms with van der Waals surface area (Å²) < 4.78 is 0. The van der Waals surface area contributed by atoms with Crippen LogP contribution in [0.5, 0.6) is 0 Å². The van der Waals surface area contributed by atoms with Crippen molar-refractivity contribution in [1.29, 1.82) is 0 Å². The summed E-state index contributed by atoms with van der Waals surface area (Å²) in [5, 5.41) is 3.52. The van der Waals surface area contributed by atoms with Gasteiger partial charge in [0.05, 0.1) is 0 Å². The van der Waals surface area contributed by atoms with Gasteiger partial charge in [-0.15, -0.1) is 24.0 Å². The molecule has 0 spiro atoms. The van der Waals surface area contributed by atoms with Gasteiger partial charge in [0.25, 0.3) is 0 Å². The van der Waals surface area contributed by atoms with Crippen LogP contribution in [0, 0.1) is 13.8 Å². The van der Waals surface area contributed by atoms with Gasteiger partial charge in [0.2, 0.25) is 0 Å². The molecule has 7 heteroatoms. The SMILES string of the molecule is CCNC(=NCCCCN1CCN(CC)CC1)N1CCN(c2cccc(C)c2C)CC1.I. The molecule has 0 aliphatic carbocycles. The van der Waals surface area contributed by atoms with E-state index in [0.717, 1.165) is 45.2 Å². The molecule has 32 heavy (non-hydrogen) atoms. The van der Waals surface area contributed by atoms with Crippen molar-refractivity contribution >= 4 is 35.6 Å². The standard InChI is InChI=1S/C25H44N6.HI/c1-5-26-25(27-12-7-8-13-29-16-14-28(6-2)15-17-29)31-20-18-30(19-21-31)24-11-9-10-22(3)23(24)4;/h9-11H,5-8,12-21H2,1-4H3,(H,26,27);1H. The Bertz CT molecular complexity index is 694. The quantitative estimate of drug-likeness (QED) is 0.230. The average Bonchev–Trinajstić information content (AvgIpc) is 2.80. The van der Waals surface area contributed by atoms with Crippen LogP contribution < -0.4 is 10.2 Å². The lowest BCUT2D eigenvalue weighted by Crippen LogP contribution is -2.52. The fraction of sp³-hybridized carbons (Fsp3) is 0.720. The predicted molar refractivity (Wildman–Crippen MR) is 149 cm³/mol. The first-order valence-electron chi connectivity index (χ1n) is 12.4. The molecule has 2 fully saturated rings. The summed E-state index contributed by atoms with van der Waals surface area (Å²) >= 11 is 0. The molecule has 182 valence electrons. The second-order valence-corrected chi connectivity index (χ2v) is 8.91. The van der Waals surface area contributed by atoms with Crippen molar-refractivity contribution in [2.45, 2.75) is 40.5 Å². The number of unbranched alkanes of at least 4 members (excludes halogenated alkanes) is 1. The summed E-state index contributed by atoms with van der Waals surface area (Å²) in [4.78, 5) is 15.1. The zero-order chi connectivity index (χ0) is 22.1. The Labute approximate surface area is 213 Å². The lowest BCUT2D eigenvalue weighted by molar-refractivity contribution is 0.136. The lowest BCUT2D eigenvalue weighted by atomic mass is 10.1. The van der Waals surface area contributed by atoms with Crippen molar-refractivity contribution in [2.24, 2.45) is 4.99 Å². The first-order valence-corrected chi connectivity index (χ1v) is 12.4. The van der Waals surface area contributed by atoms with Gasteiger partial charge in [-0.25, -0.2) is 0 Å². The summed E-state index contributed by atoms with van der Waals surface area (Å²) in [6, 6.07) is 6.65. The van der Waals surface area contributed by atoms with Crippen LogP contribution in [-0.2, 0) is 0 Å². The summed E-state index contributed by atoms with van der Waals surface area (Å²) in [6.07, 6.45) is 2.42. The number of nitrogens with one attached hydrogen (secondary N) is 1. The number of nitrogens with zero attached hydrogens (tertiary/aromatic N) is 5. The van der Waals surface area contributed by atoms with E-state index in [9.17, 15) is 0 Å². The van der Waals surface area contributed by atoms with E-state index in [4.69, 9.17) is 4.99 Å². The van der Waals surface area contributed by atoms with Gasteiger partial charge in [0, 0.05) is 71.1 Å². The highest BCUT2D eigenvalue weighted by molar-refractivity contribution is 14.0. The number of likely N-dealkylation sites (N-methyl/N-ethyl adjacent to an activating group) is 1. The molecule has 0 bridgehead atoms. The fourth-order valence-corrected chi connectivity index (χ4v) is 4.62. The van der Waals surface area contributed by atoms with Crippen LogP contribution in [0.2, 0.25) is 0 Å². The normalized spacial score (nSPS) is 18.6. The van der Waals surface area contributed by atoms with Crippen LogP contribution in [0.25, 0.3) is 0 Å². The number of hydrogen-bond acceptors (Lipinski definition) is 4. The maximum atomic E-state index is 4.96. The van der Waals surface area contributed by atoms with E-state index in [1.54, 1.807) is 0 Å². The smallest absolute Gasteiger partial charge is 0.194 e. The van der Waals surface area contributed by atoms with Gasteiger partial charge < -0.3 is 24.9 Å². The first kappa shape index (κ1) is 27.2. The van der Waals surface area contributed by atoms with Gasteiger partial charge >= 0.3 is 0 Å². The molecule has 1 N–H and O–H groups in total. The van der Waals surface area contributed by atoms with Crippen molar-refractivity contribution in [3.05, 3.63) is 29.3 Å². The molecule has 2 saturated heterocycles. The predicted octanol–water partition coefficient (Wildman–Crippen LogP) is 3.43. The second kappa shape index (κ2) is 14.3. The maximum Gasteiger partial charge on any atom is 0.194 e. The minimum absolute atomic E-state index is 0. The van der Waals surface area contributed by atoms with Crippen LogP contribution in [-0.4, -0.2) is 99.2 Å². The van der Waals surface area contributed by atoms with E-state index in [1.165, 1.54) is 68.9 Å². The topological polar surface area (TPSA) is 37.4 Å². The monoisotopic (exact) mass is 556 g/mol. The molecule has 0 saturated carbocycles. The molecule has 0 aromatic heterocycles.